The summed E-state index contributed by atoms with van der Waals surface area (Å²) in [5.41, 5.74) is 1.71. The summed E-state index contributed by atoms with van der Waals surface area (Å²) in [6.45, 7) is 9.43. The zero-order chi connectivity index (χ0) is 15.2. The zero-order valence-corrected chi connectivity index (χ0v) is 13.3. The van der Waals surface area contributed by atoms with Crippen LogP contribution in [-0.2, 0) is 17.8 Å². The van der Waals surface area contributed by atoms with Gasteiger partial charge in [0.1, 0.15) is 0 Å². The molecule has 0 aromatic carbocycles. The van der Waals surface area contributed by atoms with Gasteiger partial charge in [-0.25, -0.2) is 0 Å². The number of hydrogen-bond acceptors (Lipinski definition) is 4. The van der Waals surface area contributed by atoms with Gasteiger partial charge in [-0.1, -0.05) is 13.8 Å². The third kappa shape index (κ3) is 3.83. The Labute approximate surface area is 126 Å². The molecule has 21 heavy (non-hydrogen) atoms. The fourth-order valence-electron chi connectivity index (χ4n) is 2.66. The van der Waals surface area contributed by atoms with Crippen LogP contribution in [0.3, 0.4) is 0 Å². The van der Waals surface area contributed by atoms with E-state index in [0.717, 1.165) is 31.7 Å². The van der Waals surface area contributed by atoms with Gasteiger partial charge in [-0.3, -0.25) is 9.48 Å². The number of aromatic nitrogens is 2. The second-order valence-electron chi connectivity index (χ2n) is 5.24. The Kier molecular flexibility index (Phi) is 5.76. The van der Waals surface area contributed by atoms with Crippen LogP contribution in [0.2, 0.25) is 0 Å². The topological polar surface area (TPSA) is 50.6 Å². The maximum absolute atomic E-state index is 12.4. The molecule has 6 heteroatoms. The highest BCUT2D eigenvalue weighted by molar-refractivity contribution is 5.92. The van der Waals surface area contributed by atoms with Crippen molar-refractivity contribution in [2.45, 2.75) is 33.4 Å². The summed E-state index contributed by atoms with van der Waals surface area (Å²) < 4.78 is 7.25. The Morgan fingerprint density at radius 2 is 1.90 bits per heavy atom. The third-order valence-corrected chi connectivity index (χ3v) is 3.72. The zero-order valence-electron chi connectivity index (χ0n) is 13.3. The lowest BCUT2D eigenvalue weighted by atomic mass is 10.3. The molecular formula is C15H26N4O2. The highest BCUT2D eigenvalue weighted by atomic mass is 16.5. The van der Waals surface area contributed by atoms with Gasteiger partial charge in [0.2, 0.25) is 0 Å². The molecule has 6 nitrogen and oxygen atoms in total. The molecule has 0 saturated carbocycles. The summed E-state index contributed by atoms with van der Waals surface area (Å²) in [5.74, 6) is 0.0338. The van der Waals surface area contributed by atoms with Crippen molar-refractivity contribution in [1.82, 2.24) is 19.6 Å². The molecule has 0 spiro atoms. The van der Waals surface area contributed by atoms with Gasteiger partial charge in [-0.2, -0.15) is 5.10 Å². The van der Waals surface area contributed by atoms with Crippen LogP contribution in [0.15, 0.2) is 6.07 Å². The Bertz CT molecular complexity index is 466. The van der Waals surface area contributed by atoms with Crippen molar-refractivity contribution < 1.29 is 9.53 Å². The molecule has 1 aromatic rings. The maximum atomic E-state index is 12.4. The molecule has 3 heterocycles. The van der Waals surface area contributed by atoms with Crippen molar-refractivity contribution in [3.05, 3.63) is 17.5 Å². The summed E-state index contributed by atoms with van der Waals surface area (Å²) in [6, 6.07) is 1.94. The Morgan fingerprint density at radius 3 is 2.62 bits per heavy atom. The number of aryl methyl sites for hydroxylation is 1. The first-order valence-electron chi connectivity index (χ1n) is 7.86. The van der Waals surface area contributed by atoms with Crippen molar-refractivity contribution in [1.29, 1.82) is 0 Å². The third-order valence-electron chi connectivity index (χ3n) is 3.72. The van der Waals surface area contributed by atoms with E-state index in [0.29, 0.717) is 32.0 Å². The Balaban J connectivity index is 0.000000774. The van der Waals surface area contributed by atoms with Crippen molar-refractivity contribution >= 4 is 5.91 Å². The van der Waals surface area contributed by atoms with Gasteiger partial charge < -0.3 is 14.5 Å². The molecule has 118 valence electrons. The summed E-state index contributed by atoms with van der Waals surface area (Å²) in [4.78, 5) is 16.5. The number of morpholine rings is 1. The van der Waals surface area contributed by atoms with E-state index in [4.69, 9.17) is 4.74 Å². The summed E-state index contributed by atoms with van der Waals surface area (Å²) in [5, 5.41) is 4.48. The number of carbonyl (C=O) groups is 1. The maximum Gasteiger partial charge on any atom is 0.274 e. The number of ether oxygens (including phenoxy) is 1. The summed E-state index contributed by atoms with van der Waals surface area (Å²) in [6.07, 6.45) is 1.08. The SMILES string of the molecule is CC.CN1CCCn2nc(C(=O)N3CCOCC3)cc2C1. The number of fused-ring (bicyclic) bond motifs is 1. The molecular weight excluding hydrogens is 268 g/mol. The standard InChI is InChI=1S/C13H20N4O2.C2H6/c1-15-3-2-4-17-11(10-15)9-12(14-17)13(18)16-5-7-19-8-6-16;1-2/h9H,2-8,10H2,1H3;1-2H3. The lowest BCUT2D eigenvalue weighted by molar-refractivity contribution is 0.0298. The highest BCUT2D eigenvalue weighted by Crippen LogP contribution is 2.14. The largest absolute Gasteiger partial charge is 0.378 e. The highest BCUT2D eigenvalue weighted by Gasteiger charge is 2.23. The first kappa shape index (κ1) is 16.0. The fourth-order valence-corrected chi connectivity index (χ4v) is 2.66. The Hall–Kier alpha value is -1.40. The normalized spacial score (nSPS) is 19.3. The first-order valence-corrected chi connectivity index (χ1v) is 7.86. The van der Waals surface area contributed by atoms with Crippen LogP contribution in [0.5, 0.6) is 0 Å². The number of nitrogens with zero attached hydrogens (tertiary/aromatic N) is 4. The number of carbonyl (C=O) groups excluding carboxylic acids is 1. The monoisotopic (exact) mass is 294 g/mol. The van der Waals surface area contributed by atoms with Crippen molar-refractivity contribution in [2.24, 2.45) is 0 Å². The number of amides is 1. The lowest BCUT2D eigenvalue weighted by Crippen LogP contribution is -2.40. The van der Waals surface area contributed by atoms with Crippen LogP contribution < -0.4 is 0 Å². The molecule has 0 aliphatic carbocycles. The van der Waals surface area contributed by atoms with E-state index in [2.05, 4.69) is 17.0 Å². The van der Waals surface area contributed by atoms with Crippen molar-refractivity contribution in [3.63, 3.8) is 0 Å². The van der Waals surface area contributed by atoms with Gasteiger partial charge in [0.15, 0.2) is 5.69 Å². The predicted octanol–water partition coefficient (Wildman–Crippen LogP) is 1.22. The predicted molar refractivity (Wildman–Crippen MR) is 81.2 cm³/mol. The van der Waals surface area contributed by atoms with Crippen molar-refractivity contribution in [3.8, 4) is 0 Å². The van der Waals surface area contributed by atoms with E-state index < -0.39 is 0 Å². The van der Waals surface area contributed by atoms with Crippen molar-refractivity contribution in [2.75, 3.05) is 39.9 Å². The second kappa shape index (κ2) is 7.56. The second-order valence-corrected chi connectivity index (χ2v) is 5.24. The molecule has 0 radical (unpaired) electrons. The smallest absolute Gasteiger partial charge is 0.274 e. The lowest BCUT2D eigenvalue weighted by Gasteiger charge is -2.25. The molecule has 2 aliphatic heterocycles. The first-order chi connectivity index (χ1) is 10.2. The molecule has 0 bridgehead atoms. The van der Waals surface area contributed by atoms with Gasteiger partial charge in [0.25, 0.3) is 5.91 Å². The van der Waals surface area contributed by atoms with E-state index in [-0.39, 0.29) is 5.91 Å². The van der Waals surface area contributed by atoms with E-state index in [1.165, 1.54) is 0 Å². The van der Waals surface area contributed by atoms with Gasteiger partial charge in [-0.05, 0) is 19.5 Å². The number of rotatable bonds is 1. The van der Waals surface area contributed by atoms with Gasteiger partial charge in [0.05, 0.1) is 18.9 Å². The van der Waals surface area contributed by atoms with Crippen LogP contribution in [0, 0.1) is 0 Å². The van der Waals surface area contributed by atoms with E-state index >= 15 is 0 Å². The summed E-state index contributed by atoms with van der Waals surface area (Å²) >= 11 is 0. The van der Waals surface area contributed by atoms with E-state index in [1.807, 2.05) is 29.5 Å². The molecule has 1 aromatic heterocycles. The average Bonchev–Trinajstić information content (AvgIpc) is 2.84. The molecule has 0 N–H and O–H groups in total. The van der Waals surface area contributed by atoms with Crippen LogP contribution in [-0.4, -0.2) is 65.4 Å². The molecule has 0 unspecified atom stereocenters. The summed E-state index contributed by atoms with van der Waals surface area (Å²) in [7, 11) is 2.10. The fraction of sp³-hybridized carbons (Fsp3) is 0.733. The molecule has 1 saturated heterocycles. The Morgan fingerprint density at radius 1 is 1.19 bits per heavy atom. The van der Waals surface area contributed by atoms with Crippen LogP contribution in [0.1, 0.15) is 36.5 Å². The molecule has 1 fully saturated rings. The average molecular weight is 294 g/mol. The molecule has 1 amide bonds. The van der Waals surface area contributed by atoms with E-state index in [9.17, 15) is 4.79 Å². The van der Waals surface area contributed by atoms with Gasteiger partial charge in [0, 0.05) is 32.7 Å². The van der Waals surface area contributed by atoms with Gasteiger partial charge in [-0.15, -0.1) is 0 Å². The molecule has 2 aliphatic rings. The minimum Gasteiger partial charge on any atom is -0.378 e. The quantitative estimate of drug-likeness (QED) is 0.781. The van der Waals surface area contributed by atoms with Crippen LogP contribution in [0.25, 0.3) is 0 Å². The molecule has 0 atom stereocenters. The van der Waals surface area contributed by atoms with Crippen LogP contribution >= 0.6 is 0 Å². The van der Waals surface area contributed by atoms with Gasteiger partial charge >= 0.3 is 0 Å². The van der Waals surface area contributed by atoms with Crippen LogP contribution in [0.4, 0.5) is 0 Å². The molecule has 3 rings (SSSR count). The minimum atomic E-state index is 0.0338. The van der Waals surface area contributed by atoms with E-state index in [1.54, 1.807) is 0 Å². The minimum absolute atomic E-state index is 0.0338. The number of hydrogen-bond donors (Lipinski definition) is 0.